The Balaban J connectivity index is 1.72. The van der Waals surface area contributed by atoms with Gasteiger partial charge in [-0.15, -0.1) is 0 Å². The van der Waals surface area contributed by atoms with E-state index in [1.54, 1.807) is 11.8 Å². The van der Waals surface area contributed by atoms with Crippen LogP contribution in [0, 0.1) is 11.6 Å². The normalized spacial score (nSPS) is 19.9. The molecule has 0 aliphatic carbocycles. The number of hydrogen-bond acceptors (Lipinski definition) is 5. The van der Waals surface area contributed by atoms with Gasteiger partial charge < -0.3 is 15.2 Å². The third-order valence-electron chi connectivity index (χ3n) is 3.77. The molecule has 0 saturated carbocycles. The van der Waals surface area contributed by atoms with E-state index in [0.29, 0.717) is 5.69 Å². The van der Waals surface area contributed by atoms with Gasteiger partial charge in [-0.1, -0.05) is 5.16 Å². The predicted molar refractivity (Wildman–Crippen MR) is 76.6 cm³/mol. The van der Waals surface area contributed by atoms with Gasteiger partial charge in [0.1, 0.15) is 17.6 Å². The number of carbonyl (C=O) groups excluding carboxylic acids is 1. The number of thioether (sulfide) groups is 1. The molecule has 0 fully saturated rings. The Morgan fingerprint density at radius 3 is 2.95 bits per heavy atom. The van der Waals surface area contributed by atoms with Gasteiger partial charge in [-0.05, 0) is 6.07 Å². The first kappa shape index (κ1) is 13.6. The van der Waals surface area contributed by atoms with E-state index in [-0.39, 0.29) is 11.3 Å². The number of amides is 1. The van der Waals surface area contributed by atoms with E-state index in [0.717, 1.165) is 41.4 Å². The molecular formula is C14H11F2N3O2S. The van der Waals surface area contributed by atoms with Gasteiger partial charge in [0.05, 0.1) is 11.3 Å². The van der Waals surface area contributed by atoms with Crippen molar-refractivity contribution in [2.45, 2.75) is 18.3 Å². The standard InChI is InChI=1S/C14H11F2N3O2S/c15-8-3-6-10(4-9(8)16)17-13(18-14(6)20)12-7-5-22-2-1-11(7)21-19-12/h3-4,13,17H,1-2,5H2,(H,18,20). The Hall–Kier alpha value is -2.09. The van der Waals surface area contributed by atoms with Crippen molar-refractivity contribution in [2.24, 2.45) is 0 Å². The molecule has 1 aromatic heterocycles. The van der Waals surface area contributed by atoms with Gasteiger partial charge in [-0.3, -0.25) is 4.79 Å². The zero-order valence-corrected chi connectivity index (χ0v) is 12.1. The summed E-state index contributed by atoms with van der Waals surface area (Å²) in [7, 11) is 0. The van der Waals surface area contributed by atoms with Crippen LogP contribution in [-0.4, -0.2) is 16.8 Å². The van der Waals surface area contributed by atoms with Crippen LogP contribution in [0.2, 0.25) is 0 Å². The Kier molecular flexibility index (Phi) is 3.07. The lowest BCUT2D eigenvalue weighted by Crippen LogP contribution is -2.39. The lowest BCUT2D eigenvalue weighted by Gasteiger charge is -2.27. The van der Waals surface area contributed by atoms with E-state index in [2.05, 4.69) is 15.8 Å². The minimum Gasteiger partial charge on any atom is -0.361 e. The van der Waals surface area contributed by atoms with Crippen LogP contribution in [0.4, 0.5) is 14.5 Å². The molecule has 0 saturated heterocycles. The molecule has 2 aliphatic rings. The van der Waals surface area contributed by atoms with Crippen molar-refractivity contribution in [1.82, 2.24) is 10.5 Å². The summed E-state index contributed by atoms with van der Waals surface area (Å²) >= 11 is 1.76. The molecule has 0 bridgehead atoms. The molecule has 22 heavy (non-hydrogen) atoms. The van der Waals surface area contributed by atoms with E-state index < -0.39 is 23.7 Å². The average Bonchev–Trinajstić information content (AvgIpc) is 2.93. The topological polar surface area (TPSA) is 67.2 Å². The molecule has 1 unspecified atom stereocenters. The van der Waals surface area contributed by atoms with Gasteiger partial charge >= 0.3 is 0 Å². The van der Waals surface area contributed by atoms with Gasteiger partial charge in [0.2, 0.25) is 0 Å². The molecule has 3 heterocycles. The number of halogens is 2. The van der Waals surface area contributed by atoms with E-state index in [9.17, 15) is 13.6 Å². The number of fused-ring (bicyclic) bond motifs is 2. The fourth-order valence-corrected chi connectivity index (χ4v) is 3.65. The maximum Gasteiger partial charge on any atom is 0.255 e. The first-order valence-corrected chi connectivity index (χ1v) is 7.90. The number of carbonyl (C=O) groups is 1. The number of anilines is 1. The summed E-state index contributed by atoms with van der Waals surface area (Å²) in [6.45, 7) is 0. The summed E-state index contributed by atoms with van der Waals surface area (Å²) in [5.74, 6) is 0.0206. The molecule has 1 aromatic carbocycles. The highest BCUT2D eigenvalue weighted by atomic mass is 32.2. The predicted octanol–water partition coefficient (Wildman–Crippen LogP) is 2.60. The first-order chi connectivity index (χ1) is 10.6. The van der Waals surface area contributed by atoms with Crippen molar-refractivity contribution in [1.29, 1.82) is 0 Å². The largest absolute Gasteiger partial charge is 0.361 e. The number of rotatable bonds is 1. The second-order valence-corrected chi connectivity index (χ2v) is 6.24. The fourth-order valence-electron chi connectivity index (χ4n) is 2.67. The number of aryl methyl sites for hydroxylation is 1. The van der Waals surface area contributed by atoms with Crippen molar-refractivity contribution < 1.29 is 18.1 Å². The number of nitrogens with one attached hydrogen (secondary N) is 2. The second kappa shape index (κ2) is 4.98. The van der Waals surface area contributed by atoms with Crippen LogP contribution in [0.15, 0.2) is 16.7 Å². The van der Waals surface area contributed by atoms with Gasteiger partial charge in [0.25, 0.3) is 5.91 Å². The number of hydrogen-bond donors (Lipinski definition) is 2. The maximum atomic E-state index is 13.4. The highest BCUT2D eigenvalue weighted by Crippen LogP contribution is 2.34. The smallest absolute Gasteiger partial charge is 0.255 e. The third-order valence-corrected chi connectivity index (χ3v) is 4.76. The molecule has 8 heteroatoms. The van der Waals surface area contributed by atoms with Crippen LogP contribution >= 0.6 is 11.8 Å². The lowest BCUT2D eigenvalue weighted by molar-refractivity contribution is 0.0933. The summed E-state index contributed by atoms with van der Waals surface area (Å²) < 4.78 is 32.0. The van der Waals surface area contributed by atoms with E-state index in [1.165, 1.54) is 0 Å². The van der Waals surface area contributed by atoms with Gasteiger partial charge in [-0.2, -0.15) is 11.8 Å². The van der Waals surface area contributed by atoms with E-state index in [4.69, 9.17) is 4.52 Å². The average molecular weight is 323 g/mol. The summed E-state index contributed by atoms with van der Waals surface area (Å²) in [4.78, 5) is 12.1. The molecule has 2 N–H and O–H groups in total. The minimum atomic E-state index is -1.05. The van der Waals surface area contributed by atoms with Crippen molar-refractivity contribution in [3.8, 4) is 0 Å². The van der Waals surface area contributed by atoms with E-state index in [1.807, 2.05) is 0 Å². The van der Waals surface area contributed by atoms with Crippen LogP contribution in [0.1, 0.15) is 33.5 Å². The highest BCUT2D eigenvalue weighted by Gasteiger charge is 2.32. The zero-order chi connectivity index (χ0) is 15.3. The van der Waals surface area contributed by atoms with Crippen LogP contribution in [-0.2, 0) is 12.2 Å². The van der Waals surface area contributed by atoms with Crippen molar-refractivity contribution in [3.05, 3.63) is 46.3 Å². The number of benzene rings is 1. The zero-order valence-electron chi connectivity index (χ0n) is 11.3. The van der Waals surface area contributed by atoms with Crippen molar-refractivity contribution in [3.63, 3.8) is 0 Å². The quantitative estimate of drug-likeness (QED) is 0.844. The summed E-state index contributed by atoms with van der Waals surface area (Å²) in [5, 5.41) is 9.71. The van der Waals surface area contributed by atoms with E-state index >= 15 is 0 Å². The highest BCUT2D eigenvalue weighted by molar-refractivity contribution is 7.98. The minimum absolute atomic E-state index is 0.0712. The van der Waals surface area contributed by atoms with Gasteiger partial charge in [0, 0.05) is 29.6 Å². The monoisotopic (exact) mass is 323 g/mol. The molecule has 2 aliphatic heterocycles. The molecule has 4 rings (SSSR count). The maximum absolute atomic E-state index is 13.4. The SMILES string of the molecule is O=C1NC(c2noc3c2CSCC3)Nc2cc(F)c(F)cc21. The van der Waals surface area contributed by atoms with Gasteiger partial charge in [0.15, 0.2) is 11.6 Å². The van der Waals surface area contributed by atoms with Crippen LogP contribution < -0.4 is 10.6 Å². The van der Waals surface area contributed by atoms with Crippen LogP contribution in [0.3, 0.4) is 0 Å². The Bertz CT molecular complexity index is 778. The molecule has 1 atom stereocenters. The third kappa shape index (κ3) is 2.06. The fraction of sp³-hybridized carbons (Fsp3) is 0.286. The van der Waals surface area contributed by atoms with Crippen molar-refractivity contribution >= 4 is 23.4 Å². The Morgan fingerprint density at radius 1 is 1.27 bits per heavy atom. The summed E-state index contributed by atoms with van der Waals surface area (Å²) in [6.07, 6.45) is 0.181. The molecule has 5 nitrogen and oxygen atoms in total. The van der Waals surface area contributed by atoms with Crippen LogP contribution in [0.5, 0.6) is 0 Å². The molecule has 1 amide bonds. The molecule has 114 valence electrons. The van der Waals surface area contributed by atoms with Gasteiger partial charge in [-0.25, -0.2) is 8.78 Å². The summed E-state index contributed by atoms with van der Waals surface area (Å²) in [5.41, 5.74) is 1.86. The molecule has 2 aromatic rings. The number of aromatic nitrogens is 1. The Labute approximate surface area is 128 Å². The summed E-state index contributed by atoms with van der Waals surface area (Å²) in [6, 6.07) is 1.87. The first-order valence-electron chi connectivity index (χ1n) is 6.75. The molecule has 0 radical (unpaired) electrons. The molecular weight excluding hydrogens is 312 g/mol. The van der Waals surface area contributed by atoms with Crippen LogP contribution in [0.25, 0.3) is 0 Å². The number of nitrogens with zero attached hydrogens (tertiary/aromatic N) is 1. The van der Waals surface area contributed by atoms with Crippen molar-refractivity contribution in [2.75, 3.05) is 11.1 Å². The lowest BCUT2D eigenvalue weighted by atomic mass is 10.1. The molecule has 0 spiro atoms. The second-order valence-electron chi connectivity index (χ2n) is 5.13. The Morgan fingerprint density at radius 2 is 2.09 bits per heavy atom.